The first-order valence-electron chi connectivity index (χ1n) is 7.77. The third kappa shape index (κ3) is 4.37. The highest BCUT2D eigenvalue weighted by Gasteiger charge is 2.22. The first kappa shape index (κ1) is 16.6. The summed E-state index contributed by atoms with van der Waals surface area (Å²) >= 11 is 0. The van der Waals surface area contributed by atoms with Gasteiger partial charge in [0.2, 0.25) is 5.91 Å². The molecule has 0 bridgehead atoms. The molecule has 122 valence electrons. The highest BCUT2D eigenvalue weighted by molar-refractivity contribution is 5.77. The van der Waals surface area contributed by atoms with Crippen LogP contribution in [0.2, 0.25) is 0 Å². The molecule has 1 heterocycles. The van der Waals surface area contributed by atoms with Crippen LogP contribution in [0.15, 0.2) is 18.2 Å². The molecule has 1 aromatic carbocycles. The lowest BCUT2D eigenvalue weighted by Crippen LogP contribution is -2.29. The molecule has 5 heteroatoms. The van der Waals surface area contributed by atoms with Crippen LogP contribution in [-0.4, -0.2) is 39.4 Å². The van der Waals surface area contributed by atoms with Gasteiger partial charge in [0.15, 0.2) is 11.5 Å². The first-order valence-corrected chi connectivity index (χ1v) is 7.77. The summed E-state index contributed by atoms with van der Waals surface area (Å²) in [5.41, 5.74) is 1.11. The van der Waals surface area contributed by atoms with Crippen molar-refractivity contribution in [3.8, 4) is 11.5 Å². The van der Waals surface area contributed by atoms with Crippen LogP contribution in [0.3, 0.4) is 0 Å². The minimum Gasteiger partial charge on any atom is -0.486 e. The SMILES string of the molecule is COCCNC(=O)CC(c1ccc2c(c1)OCCO2)C(C)C. The van der Waals surface area contributed by atoms with Gasteiger partial charge in [-0.15, -0.1) is 0 Å². The van der Waals surface area contributed by atoms with E-state index < -0.39 is 0 Å². The molecule has 1 amide bonds. The van der Waals surface area contributed by atoms with Crippen LogP contribution >= 0.6 is 0 Å². The van der Waals surface area contributed by atoms with Gasteiger partial charge in [-0.1, -0.05) is 19.9 Å². The molecule has 1 unspecified atom stereocenters. The third-order valence-corrected chi connectivity index (χ3v) is 3.83. The smallest absolute Gasteiger partial charge is 0.220 e. The molecule has 1 aliphatic heterocycles. The van der Waals surface area contributed by atoms with E-state index in [1.54, 1.807) is 7.11 Å². The number of nitrogens with one attached hydrogen (secondary N) is 1. The van der Waals surface area contributed by atoms with Crippen LogP contribution in [0.4, 0.5) is 0 Å². The van der Waals surface area contributed by atoms with Gasteiger partial charge in [0.25, 0.3) is 0 Å². The van der Waals surface area contributed by atoms with E-state index in [0.717, 1.165) is 17.1 Å². The summed E-state index contributed by atoms with van der Waals surface area (Å²) in [4.78, 5) is 12.1. The van der Waals surface area contributed by atoms with E-state index in [1.165, 1.54) is 0 Å². The molecule has 0 aliphatic carbocycles. The Morgan fingerprint density at radius 1 is 1.27 bits per heavy atom. The van der Waals surface area contributed by atoms with Crippen molar-refractivity contribution in [2.75, 3.05) is 33.5 Å². The van der Waals surface area contributed by atoms with Crippen molar-refractivity contribution in [2.45, 2.75) is 26.2 Å². The molecule has 5 nitrogen and oxygen atoms in total. The number of ether oxygens (including phenoxy) is 3. The van der Waals surface area contributed by atoms with E-state index >= 15 is 0 Å². The molecule has 0 aromatic heterocycles. The van der Waals surface area contributed by atoms with Crippen LogP contribution in [-0.2, 0) is 9.53 Å². The van der Waals surface area contributed by atoms with E-state index in [4.69, 9.17) is 14.2 Å². The zero-order chi connectivity index (χ0) is 15.9. The van der Waals surface area contributed by atoms with Crippen molar-refractivity contribution in [3.63, 3.8) is 0 Å². The second kappa shape index (κ2) is 8.03. The summed E-state index contributed by atoms with van der Waals surface area (Å²) in [7, 11) is 1.62. The van der Waals surface area contributed by atoms with Crippen LogP contribution in [0.1, 0.15) is 31.7 Å². The summed E-state index contributed by atoms with van der Waals surface area (Å²) in [6.45, 7) is 6.49. The van der Waals surface area contributed by atoms with Crippen LogP contribution in [0.25, 0.3) is 0 Å². The summed E-state index contributed by atoms with van der Waals surface area (Å²) in [5, 5.41) is 2.88. The normalized spacial score (nSPS) is 14.7. The van der Waals surface area contributed by atoms with Crippen LogP contribution in [0.5, 0.6) is 11.5 Å². The maximum atomic E-state index is 12.1. The Hall–Kier alpha value is -1.75. The zero-order valence-electron chi connectivity index (χ0n) is 13.6. The first-order chi connectivity index (χ1) is 10.6. The summed E-state index contributed by atoms with van der Waals surface area (Å²) in [6.07, 6.45) is 0.459. The van der Waals surface area contributed by atoms with Gasteiger partial charge in [-0.25, -0.2) is 0 Å². The van der Waals surface area contributed by atoms with Crippen molar-refractivity contribution in [2.24, 2.45) is 5.92 Å². The average molecular weight is 307 g/mol. The molecule has 0 spiro atoms. The number of fused-ring (bicyclic) bond motifs is 1. The predicted molar refractivity (Wildman–Crippen MR) is 84.5 cm³/mol. The molecule has 0 radical (unpaired) electrons. The molecular weight excluding hydrogens is 282 g/mol. The van der Waals surface area contributed by atoms with E-state index in [9.17, 15) is 4.79 Å². The van der Waals surface area contributed by atoms with Gasteiger partial charge < -0.3 is 19.5 Å². The average Bonchev–Trinajstić information content (AvgIpc) is 2.52. The topological polar surface area (TPSA) is 56.8 Å². The largest absolute Gasteiger partial charge is 0.486 e. The van der Waals surface area contributed by atoms with Gasteiger partial charge in [-0.2, -0.15) is 0 Å². The molecule has 0 fully saturated rings. The predicted octanol–water partition coefficient (Wildman–Crippen LogP) is 2.35. The lowest BCUT2D eigenvalue weighted by molar-refractivity contribution is -0.121. The van der Waals surface area contributed by atoms with E-state index in [0.29, 0.717) is 38.7 Å². The van der Waals surface area contributed by atoms with Crippen molar-refractivity contribution in [3.05, 3.63) is 23.8 Å². The van der Waals surface area contributed by atoms with Gasteiger partial charge in [0, 0.05) is 20.1 Å². The highest BCUT2D eigenvalue weighted by atomic mass is 16.6. The molecule has 1 aliphatic rings. The fraction of sp³-hybridized carbons (Fsp3) is 0.588. The van der Waals surface area contributed by atoms with Gasteiger partial charge in [0.1, 0.15) is 13.2 Å². The Balaban J connectivity index is 2.06. The number of hydrogen-bond acceptors (Lipinski definition) is 4. The zero-order valence-corrected chi connectivity index (χ0v) is 13.6. The second-order valence-corrected chi connectivity index (χ2v) is 5.80. The fourth-order valence-corrected chi connectivity index (χ4v) is 2.59. The van der Waals surface area contributed by atoms with E-state index in [-0.39, 0.29) is 11.8 Å². The Labute approximate surface area is 131 Å². The van der Waals surface area contributed by atoms with Gasteiger partial charge in [-0.3, -0.25) is 4.79 Å². The molecule has 1 atom stereocenters. The number of carbonyl (C=O) groups excluding carboxylic acids is 1. The maximum Gasteiger partial charge on any atom is 0.220 e. The fourth-order valence-electron chi connectivity index (χ4n) is 2.59. The Morgan fingerprint density at radius 2 is 2.00 bits per heavy atom. The third-order valence-electron chi connectivity index (χ3n) is 3.83. The number of hydrogen-bond donors (Lipinski definition) is 1. The van der Waals surface area contributed by atoms with Gasteiger partial charge in [0.05, 0.1) is 6.61 Å². The Morgan fingerprint density at radius 3 is 2.68 bits per heavy atom. The van der Waals surface area contributed by atoms with Gasteiger partial charge in [-0.05, 0) is 29.5 Å². The quantitative estimate of drug-likeness (QED) is 0.786. The molecule has 1 aromatic rings. The number of methoxy groups -OCH3 is 1. The van der Waals surface area contributed by atoms with Crippen molar-refractivity contribution < 1.29 is 19.0 Å². The standard InChI is InChI=1S/C17H25NO4/c1-12(2)14(11-17(19)18-6-7-20-3)13-4-5-15-16(10-13)22-9-8-21-15/h4-5,10,12,14H,6-9,11H2,1-3H3,(H,18,19). The second-order valence-electron chi connectivity index (χ2n) is 5.80. The Bertz CT molecular complexity index is 501. The molecule has 1 N–H and O–H groups in total. The number of amides is 1. The van der Waals surface area contributed by atoms with Crippen molar-refractivity contribution in [1.29, 1.82) is 0 Å². The molecule has 0 saturated carbocycles. The summed E-state index contributed by atoms with van der Waals surface area (Å²) in [6, 6.07) is 5.96. The molecule has 22 heavy (non-hydrogen) atoms. The lowest BCUT2D eigenvalue weighted by atomic mass is 9.85. The summed E-state index contributed by atoms with van der Waals surface area (Å²) in [5.74, 6) is 2.11. The number of carbonyl (C=O) groups is 1. The van der Waals surface area contributed by atoms with Crippen LogP contribution in [0, 0.1) is 5.92 Å². The van der Waals surface area contributed by atoms with Gasteiger partial charge >= 0.3 is 0 Å². The highest BCUT2D eigenvalue weighted by Crippen LogP contribution is 2.36. The molecular formula is C17H25NO4. The number of rotatable bonds is 7. The monoisotopic (exact) mass is 307 g/mol. The minimum absolute atomic E-state index is 0.0469. The lowest BCUT2D eigenvalue weighted by Gasteiger charge is -2.24. The summed E-state index contributed by atoms with van der Waals surface area (Å²) < 4.78 is 16.1. The van der Waals surface area contributed by atoms with E-state index in [2.05, 4.69) is 19.2 Å². The van der Waals surface area contributed by atoms with Crippen molar-refractivity contribution >= 4 is 5.91 Å². The Kier molecular flexibility index (Phi) is 6.07. The maximum absolute atomic E-state index is 12.1. The molecule has 2 rings (SSSR count). The van der Waals surface area contributed by atoms with Crippen molar-refractivity contribution in [1.82, 2.24) is 5.32 Å². The van der Waals surface area contributed by atoms with Crippen LogP contribution < -0.4 is 14.8 Å². The minimum atomic E-state index is 0.0469. The van der Waals surface area contributed by atoms with E-state index in [1.807, 2.05) is 18.2 Å². The molecule has 0 saturated heterocycles. The number of benzene rings is 1.